The molecule has 0 radical (unpaired) electrons. The fourth-order valence-electron chi connectivity index (χ4n) is 5.00. The Morgan fingerprint density at radius 3 is 1.32 bits per heavy atom. The highest BCUT2D eigenvalue weighted by atomic mass is 16.6. The van der Waals surface area contributed by atoms with Crippen LogP contribution in [0.3, 0.4) is 0 Å². The summed E-state index contributed by atoms with van der Waals surface area (Å²) in [6.07, 6.45) is 35.2. The predicted octanol–water partition coefficient (Wildman–Crippen LogP) is 12.5. The van der Waals surface area contributed by atoms with Gasteiger partial charge in [0.05, 0.1) is 5.56 Å². The molecule has 0 aliphatic carbocycles. The van der Waals surface area contributed by atoms with E-state index in [9.17, 15) is 9.59 Å². The molecule has 0 atom stereocenters. The van der Waals surface area contributed by atoms with Crippen LogP contribution in [-0.4, -0.2) is 11.9 Å². The van der Waals surface area contributed by atoms with Crippen molar-refractivity contribution in [1.82, 2.24) is 0 Å². The van der Waals surface area contributed by atoms with Crippen molar-refractivity contribution < 1.29 is 14.3 Å². The van der Waals surface area contributed by atoms with Crippen LogP contribution in [0.15, 0.2) is 36.4 Å². The first-order valence-electron chi connectivity index (χ1n) is 17.5. The second-order valence-corrected chi connectivity index (χ2v) is 11.7. The molecule has 1 rings (SSSR count). The van der Waals surface area contributed by atoms with E-state index in [-0.39, 0.29) is 0 Å². The molecule has 1 aromatic rings. The average Bonchev–Trinajstić information content (AvgIpc) is 2.99. The number of carbonyl (C=O) groups excluding carboxylic acids is 2. The Hall–Kier alpha value is -1.99. The van der Waals surface area contributed by atoms with Gasteiger partial charge in [0.1, 0.15) is 0 Å². The molecular weight excluding hydrogens is 504 g/mol. The molecule has 0 saturated heterocycles. The van der Waals surface area contributed by atoms with E-state index < -0.39 is 11.9 Å². The molecule has 0 fully saturated rings. The molecule has 0 amide bonds. The van der Waals surface area contributed by atoms with E-state index in [4.69, 9.17) is 11.3 Å². The van der Waals surface area contributed by atoms with Crippen molar-refractivity contribution in [2.75, 3.05) is 0 Å². The van der Waals surface area contributed by atoms with Crippen LogP contribution in [0.1, 0.15) is 191 Å². The fourth-order valence-corrected chi connectivity index (χ4v) is 5.00. The first-order valence-corrected chi connectivity index (χ1v) is 17.5. The lowest BCUT2D eigenvalue weighted by atomic mass is 10.0. The normalized spacial score (nSPS) is 10.6. The maximum absolute atomic E-state index is 11.7. The molecule has 3 heteroatoms. The molecule has 0 saturated carbocycles. The number of esters is 2. The monoisotopic (exact) mass is 569 g/mol. The topological polar surface area (TPSA) is 43.4 Å². The number of unbranched alkanes of at least 4 members (excludes halogenated alkanes) is 23. The Bertz CT molecular complexity index is 697. The molecule has 3 nitrogen and oxygen atoms in total. The summed E-state index contributed by atoms with van der Waals surface area (Å²) in [6.45, 7) is 9.86. The molecular formula is C38H65O3+. The summed E-state index contributed by atoms with van der Waals surface area (Å²) >= 11 is 0. The lowest BCUT2D eigenvalue weighted by Crippen LogP contribution is -2.12. The van der Waals surface area contributed by atoms with Gasteiger partial charge in [0.25, 0.3) is 0 Å². The third-order valence-corrected chi connectivity index (χ3v) is 7.67. The van der Waals surface area contributed by atoms with Gasteiger partial charge in [-0.2, -0.15) is 0 Å². The molecule has 0 unspecified atom stereocenters. The van der Waals surface area contributed by atoms with Crippen LogP contribution in [-0.2, 0) is 9.53 Å². The number of carbonyl (C=O) groups is 2. The van der Waals surface area contributed by atoms with Gasteiger partial charge in [-0.25, -0.2) is 4.79 Å². The summed E-state index contributed by atoms with van der Waals surface area (Å²) in [5.41, 5.74) is 0.422. The van der Waals surface area contributed by atoms with E-state index in [0.29, 0.717) is 12.0 Å². The van der Waals surface area contributed by atoms with Crippen LogP contribution in [0.2, 0.25) is 0 Å². The SMILES string of the molecule is CCCCCCCCCCCCCCCC(=O)OC(=O)c1ccccc1.[CH+]=CCCCCCCCCCCCCC. The van der Waals surface area contributed by atoms with E-state index in [1.165, 1.54) is 135 Å². The van der Waals surface area contributed by atoms with E-state index in [1.54, 1.807) is 30.3 Å². The maximum atomic E-state index is 11.7. The largest absolute Gasteiger partial charge is 0.389 e. The molecule has 0 heterocycles. The van der Waals surface area contributed by atoms with Crippen molar-refractivity contribution in [3.8, 4) is 0 Å². The number of hydrogen-bond donors (Lipinski definition) is 0. The van der Waals surface area contributed by atoms with E-state index in [2.05, 4.69) is 13.8 Å². The van der Waals surface area contributed by atoms with Gasteiger partial charge in [-0.05, 0) is 25.0 Å². The van der Waals surface area contributed by atoms with Gasteiger partial charge >= 0.3 is 11.9 Å². The van der Waals surface area contributed by atoms with Crippen molar-refractivity contribution in [1.29, 1.82) is 0 Å². The average molecular weight is 570 g/mol. The quantitative estimate of drug-likeness (QED) is 0.0458. The first kappa shape index (κ1) is 39.0. The van der Waals surface area contributed by atoms with E-state index in [1.807, 2.05) is 6.07 Å². The van der Waals surface area contributed by atoms with Crippen LogP contribution >= 0.6 is 0 Å². The predicted molar refractivity (Wildman–Crippen MR) is 177 cm³/mol. The third-order valence-electron chi connectivity index (χ3n) is 7.67. The highest BCUT2D eigenvalue weighted by molar-refractivity contribution is 5.96. The number of allylic oxidation sites excluding steroid dienone is 1. The Balaban J connectivity index is 0.000000909. The van der Waals surface area contributed by atoms with Crippen LogP contribution < -0.4 is 0 Å². The summed E-state index contributed by atoms with van der Waals surface area (Å²) in [4.78, 5) is 23.4. The van der Waals surface area contributed by atoms with Crippen LogP contribution in [0, 0.1) is 6.58 Å². The Morgan fingerprint density at radius 2 is 0.927 bits per heavy atom. The summed E-state index contributed by atoms with van der Waals surface area (Å²) in [7, 11) is 0. The number of benzene rings is 1. The molecule has 0 aromatic heterocycles. The molecule has 0 aliphatic heterocycles. The second-order valence-electron chi connectivity index (χ2n) is 11.7. The molecule has 0 aliphatic rings. The standard InChI is InChI=1S/C23H36O3.C15H29/c1-2-3-4-5-6-7-8-9-10-11-12-13-17-20-22(24)26-23(25)21-18-15-14-16-19-21;1-3-5-7-9-11-13-15-14-12-10-8-6-4-2/h14-16,18-19H,2-13,17,20H2,1H3;1,3H,4-15H2,2H3/q;+1. The highest BCUT2D eigenvalue weighted by Crippen LogP contribution is 2.14. The van der Waals surface area contributed by atoms with Crippen molar-refractivity contribution in [2.24, 2.45) is 0 Å². The van der Waals surface area contributed by atoms with Crippen LogP contribution in [0.25, 0.3) is 0 Å². The molecule has 1 aromatic carbocycles. The van der Waals surface area contributed by atoms with Crippen molar-refractivity contribution in [3.05, 3.63) is 48.6 Å². The summed E-state index contributed by atoms with van der Waals surface area (Å²) in [5.74, 6) is -0.966. The van der Waals surface area contributed by atoms with Crippen molar-refractivity contribution >= 4 is 11.9 Å². The maximum Gasteiger partial charge on any atom is 0.345 e. The molecule has 41 heavy (non-hydrogen) atoms. The van der Waals surface area contributed by atoms with E-state index >= 15 is 0 Å². The minimum atomic E-state index is -0.551. The van der Waals surface area contributed by atoms with Crippen molar-refractivity contribution in [2.45, 2.75) is 181 Å². The van der Waals surface area contributed by atoms with Gasteiger partial charge in [-0.3, -0.25) is 4.79 Å². The number of rotatable bonds is 27. The third kappa shape index (κ3) is 29.3. The van der Waals surface area contributed by atoms with Crippen LogP contribution in [0.4, 0.5) is 0 Å². The Labute approximate surface area is 255 Å². The van der Waals surface area contributed by atoms with Gasteiger partial charge in [-0.15, -0.1) is 0 Å². The summed E-state index contributed by atoms with van der Waals surface area (Å²) < 4.78 is 4.87. The molecule has 0 bridgehead atoms. The highest BCUT2D eigenvalue weighted by Gasteiger charge is 2.11. The number of hydrogen-bond acceptors (Lipinski definition) is 3. The molecule has 0 spiro atoms. The zero-order valence-corrected chi connectivity index (χ0v) is 27.2. The van der Waals surface area contributed by atoms with Gasteiger partial charge in [0, 0.05) is 12.8 Å². The minimum Gasteiger partial charge on any atom is -0.389 e. The Kier molecular flexibility index (Phi) is 30.9. The van der Waals surface area contributed by atoms with Crippen molar-refractivity contribution in [3.63, 3.8) is 0 Å². The summed E-state index contributed by atoms with van der Waals surface area (Å²) in [6, 6.07) is 8.65. The smallest absolute Gasteiger partial charge is 0.345 e. The fraction of sp³-hybridized carbons (Fsp3) is 0.737. The first-order chi connectivity index (χ1) is 20.2. The lowest BCUT2D eigenvalue weighted by molar-refractivity contribution is -0.138. The van der Waals surface area contributed by atoms with Crippen LogP contribution in [0.5, 0.6) is 0 Å². The van der Waals surface area contributed by atoms with Gasteiger partial charge in [0.15, 0.2) is 6.08 Å². The number of ether oxygens (including phenoxy) is 1. The summed E-state index contributed by atoms with van der Waals surface area (Å²) in [5, 5.41) is 0. The van der Waals surface area contributed by atoms with Gasteiger partial charge < -0.3 is 4.74 Å². The zero-order valence-electron chi connectivity index (χ0n) is 27.2. The lowest BCUT2D eigenvalue weighted by Gasteiger charge is -2.04. The molecule has 0 N–H and O–H groups in total. The molecule has 234 valence electrons. The van der Waals surface area contributed by atoms with E-state index in [0.717, 1.165) is 25.7 Å². The minimum absolute atomic E-state index is 0.330. The van der Waals surface area contributed by atoms with Gasteiger partial charge in [0.2, 0.25) is 6.58 Å². The zero-order chi connectivity index (χ0) is 30.1. The second kappa shape index (κ2) is 32.5. The van der Waals surface area contributed by atoms with Gasteiger partial charge in [-0.1, -0.05) is 173 Å². The Morgan fingerprint density at radius 1 is 0.561 bits per heavy atom.